The molecular weight excluding hydrogens is 348 g/mol. The quantitative estimate of drug-likeness (QED) is 0.641. The molecule has 3 aromatic carbocycles. The van der Waals surface area contributed by atoms with Crippen LogP contribution in [0.4, 0.5) is 0 Å². The summed E-state index contributed by atoms with van der Waals surface area (Å²) in [4.78, 5) is 10.8. The monoisotopic (exact) mass is 372 g/mol. The zero-order chi connectivity index (χ0) is 19.5. The molecule has 28 heavy (non-hydrogen) atoms. The van der Waals surface area contributed by atoms with Crippen LogP contribution in [0.25, 0.3) is 0 Å². The second-order valence-electron chi connectivity index (χ2n) is 7.55. The van der Waals surface area contributed by atoms with Crippen LogP contribution in [0.1, 0.15) is 52.5 Å². The number of hydrogen-bond acceptors (Lipinski definition) is 2. The summed E-state index contributed by atoms with van der Waals surface area (Å²) in [6, 6.07) is 24.7. The Balaban J connectivity index is 1.72. The number of fused-ring (bicyclic) bond motifs is 1. The van der Waals surface area contributed by atoms with Gasteiger partial charge in [-0.3, -0.25) is 4.79 Å². The number of phenolic OH excluding ortho intramolecular Hbond substituents is 1. The minimum Gasteiger partial charge on any atom is -0.508 e. The highest BCUT2D eigenvalue weighted by Gasteiger charge is 2.32. The van der Waals surface area contributed by atoms with Crippen LogP contribution in [0.15, 0.2) is 72.8 Å². The van der Waals surface area contributed by atoms with E-state index >= 15 is 0 Å². The van der Waals surface area contributed by atoms with Crippen LogP contribution in [0.3, 0.4) is 0 Å². The van der Waals surface area contributed by atoms with Crippen molar-refractivity contribution in [2.75, 3.05) is 0 Å². The average Bonchev–Trinajstić information content (AvgIpc) is 2.72. The largest absolute Gasteiger partial charge is 0.508 e. The van der Waals surface area contributed by atoms with Gasteiger partial charge in [0.25, 0.3) is 0 Å². The highest BCUT2D eigenvalue weighted by atomic mass is 16.4. The van der Waals surface area contributed by atoms with Crippen molar-refractivity contribution in [3.8, 4) is 5.75 Å². The van der Waals surface area contributed by atoms with Gasteiger partial charge in [0.1, 0.15) is 5.75 Å². The van der Waals surface area contributed by atoms with Gasteiger partial charge in [-0.05, 0) is 65.1 Å². The molecule has 3 nitrogen and oxygen atoms in total. The maximum absolute atomic E-state index is 10.8. The molecule has 4 rings (SSSR count). The van der Waals surface area contributed by atoms with Crippen LogP contribution >= 0.6 is 0 Å². The summed E-state index contributed by atoms with van der Waals surface area (Å²) < 4.78 is 0. The highest BCUT2D eigenvalue weighted by molar-refractivity contribution is 5.67. The summed E-state index contributed by atoms with van der Waals surface area (Å²) in [6.07, 6.45) is 2.69. The molecule has 0 aromatic heterocycles. The number of phenols is 1. The Morgan fingerprint density at radius 1 is 0.929 bits per heavy atom. The van der Waals surface area contributed by atoms with Gasteiger partial charge in [0.2, 0.25) is 0 Å². The second-order valence-corrected chi connectivity index (χ2v) is 7.55. The standard InChI is InChI=1S/C25H24O3/c26-21-12-14-23-20(16-21)11-13-22(18-4-2-1-3-5-18)25(23)19-9-6-17(7-10-19)8-15-24(27)28/h1-7,9-10,12,14,16,22,25-26H,8,11,13,15H2,(H,27,28). The minimum absolute atomic E-state index is 0.150. The van der Waals surface area contributed by atoms with Crippen LogP contribution in [-0.4, -0.2) is 16.2 Å². The second kappa shape index (κ2) is 7.89. The Bertz CT molecular complexity index is 961. The molecule has 0 saturated carbocycles. The molecule has 0 bridgehead atoms. The van der Waals surface area contributed by atoms with Crippen molar-refractivity contribution in [1.29, 1.82) is 0 Å². The normalized spacial score (nSPS) is 18.4. The summed E-state index contributed by atoms with van der Waals surface area (Å²) in [5.74, 6) is 0.150. The first-order valence-electron chi connectivity index (χ1n) is 9.79. The molecule has 0 spiro atoms. The molecule has 0 heterocycles. The maximum atomic E-state index is 10.8. The molecule has 2 unspecified atom stereocenters. The SMILES string of the molecule is O=C(O)CCc1ccc(C2c3ccc(O)cc3CCC2c2ccccc2)cc1. The van der Waals surface area contributed by atoms with Gasteiger partial charge >= 0.3 is 5.97 Å². The third-order valence-corrected chi connectivity index (χ3v) is 5.78. The number of carbonyl (C=O) groups is 1. The van der Waals surface area contributed by atoms with Crippen LogP contribution in [0.5, 0.6) is 5.75 Å². The van der Waals surface area contributed by atoms with Gasteiger partial charge in [-0.1, -0.05) is 60.7 Å². The molecule has 2 N–H and O–H groups in total. The van der Waals surface area contributed by atoms with E-state index in [1.807, 2.05) is 12.1 Å². The van der Waals surface area contributed by atoms with Crippen molar-refractivity contribution in [3.05, 3.63) is 101 Å². The third-order valence-electron chi connectivity index (χ3n) is 5.78. The molecule has 0 fully saturated rings. The molecule has 0 saturated heterocycles. The van der Waals surface area contributed by atoms with Crippen molar-refractivity contribution in [2.24, 2.45) is 0 Å². The number of carboxylic acid groups (broad SMARTS) is 1. The van der Waals surface area contributed by atoms with E-state index in [1.54, 1.807) is 6.07 Å². The first-order valence-corrected chi connectivity index (χ1v) is 9.79. The van der Waals surface area contributed by atoms with E-state index in [9.17, 15) is 9.90 Å². The van der Waals surface area contributed by atoms with Gasteiger partial charge in [0.15, 0.2) is 0 Å². The number of benzene rings is 3. The van der Waals surface area contributed by atoms with Crippen molar-refractivity contribution >= 4 is 5.97 Å². The van der Waals surface area contributed by atoms with Gasteiger partial charge in [-0.2, -0.15) is 0 Å². The Morgan fingerprint density at radius 3 is 2.39 bits per heavy atom. The van der Waals surface area contributed by atoms with Crippen LogP contribution < -0.4 is 0 Å². The topological polar surface area (TPSA) is 57.5 Å². The molecule has 142 valence electrons. The number of carboxylic acids is 1. The van der Waals surface area contributed by atoms with E-state index in [2.05, 4.69) is 54.6 Å². The Hall–Kier alpha value is -3.07. The maximum Gasteiger partial charge on any atom is 0.303 e. The zero-order valence-electron chi connectivity index (χ0n) is 15.7. The lowest BCUT2D eigenvalue weighted by molar-refractivity contribution is -0.136. The summed E-state index contributed by atoms with van der Waals surface area (Å²) in [5, 5.41) is 18.8. The van der Waals surface area contributed by atoms with Crippen molar-refractivity contribution in [1.82, 2.24) is 0 Å². The molecule has 0 amide bonds. The molecule has 0 aliphatic heterocycles. The van der Waals surface area contributed by atoms with Gasteiger partial charge in [-0.25, -0.2) is 0 Å². The first-order chi connectivity index (χ1) is 13.6. The van der Waals surface area contributed by atoms with Gasteiger partial charge in [0.05, 0.1) is 0 Å². The van der Waals surface area contributed by atoms with Gasteiger partial charge < -0.3 is 10.2 Å². The average molecular weight is 372 g/mol. The summed E-state index contributed by atoms with van der Waals surface area (Å²) in [6.45, 7) is 0. The third kappa shape index (κ3) is 3.79. The fraction of sp³-hybridized carbons (Fsp3) is 0.240. The zero-order valence-corrected chi connectivity index (χ0v) is 15.7. The fourth-order valence-corrected chi connectivity index (χ4v) is 4.42. The fourth-order valence-electron chi connectivity index (χ4n) is 4.42. The van der Waals surface area contributed by atoms with Crippen LogP contribution in [0.2, 0.25) is 0 Å². The van der Waals surface area contributed by atoms with Crippen LogP contribution in [-0.2, 0) is 17.6 Å². The predicted molar refractivity (Wildman–Crippen MR) is 110 cm³/mol. The van der Waals surface area contributed by atoms with Crippen molar-refractivity contribution < 1.29 is 15.0 Å². The van der Waals surface area contributed by atoms with E-state index in [-0.39, 0.29) is 12.3 Å². The minimum atomic E-state index is -0.769. The Kier molecular flexibility index (Phi) is 5.16. The predicted octanol–water partition coefficient (Wildman–Crippen LogP) is 5.27. The number of aryl methyl sites for hydroxylation is 2. The van der Waals surface area contributed by atoms with Crippen LogP contribution in [0, 0.1) is 0 Å². The Labute approximate surface area is 165 Å². The van der Waals surface area contributed by atoms with Crippen molar-refractivity contribution in [2.45, 2.75) is 37.5 Å². The lowest BCUT2D eigenvalue weighted by Gasteiger charge is -2.35. The van der Waals surface area contributed by atoms with E-state index in [0.717, 1.165) is 18.4 Å². The molecule has 1 aliphatic carbocycles. The summed E-state index contributed by atoms with van der Waals surface area (Å²) in [5.41, 5.74) is 6.10. The van der Waals surface area contributed by atoms with E-state index in [0.29, 0.717) is 18.1 Å². The number of aliphatic carboxylic acids is 1. The first kappa shape index (κ1) is 18.3. The smallest absolute Gasteiger partial charge is 0.303 e. The Morgan fingerprint density at radius 2 is 1.68 bits per heavy atom. The number of hydrogen-bond donors (Lipinski definition) is 2. The lowest BCUT2D eigenvalue weighted by atomic mass is 9.69. The van der Waals surface area contributed by atoms with E-state index in [4.69, 9.17) is 5.11 Å². The summed E-state index contributed by atoms with van der Waals surface area (Å²) in [7, 11) is 0. The molecular formula is C25H24O3. The van der Waals surface area contributed by atoms with E-state index < -0.39 is 5.97 Å². The number of rotatable bonds is 5. The lowest BCUT2D eigenvalue weighted by Crippen LogP contribution is -2.20. The molecule has 1 aliphatic rings. The van der Waals surface area contributed by atoms with Gasteiger partial charge in [-0.15, -0.1) is 0 Å². The molecule has 0 radical (unpaired) electrons. The number of aromatic hydroxyl groups is 1. The molecule has 2 atom stereocenters. The van der Waals surface area contributed by atoms with Crippen molar-refractivity contribution in [3.63, 3.8) is 0 Å². The highest BCUT2D eigenvalue weighted by Crippen LogP contribution is 2.46. The molecule has 3 aromatic rings. The van der Waals surface area contributed by atoms with Gasteiger partial charge in [0, 0.05) is 12.3 Å². The molecule has 3 heteroatoms. The van der Waals surface area contributed by atoms with E-state index in [1.165, 1.54) is 22.3 Å². The summed E-state index contributed by atoms with van der Waals surface area (Å²) >= 11 is 0.